The Hall–Kier alpha value is -0.780. The lowest BCUT2D eigenvalue weighted by Gasteiger charge is -2.13. The summed E-state index contributed by atoms with van der Waals surface area (Å²) in [4.78, 5) is 24.2. The van der Waals surface area contributed by atoms with Crippen LogP contribution in [0, 0.1) is 7.14 Å². The summed E-state index contributed by atoms with van der Waals surface area (Å²) < 4.78 is 23.7. The molecular formula is C34H56I2O6. The lowest BCUT2D eigenvalue weighted by atomic mass is 10.1. The average Bonchev–Trinajstić information content (AvgIpc) is 2.98. The van der Waals surface area contributed by atoms with Crippen molar-refractivity contribution in [1.82, 2.24) is 0 Å². The first kappa shape index (κ1) is 39.2. The maximum absolute atomic E-state index is 12.1. The van der Waals surface area contributed by atoms with Gasteiger partial charge in [-0.2, -0.15) is 0 Å². The molecule has 0 aliphatic carbocycles. The van der Waals surface area contributed by atoms with Crippen LogP contribution in [0.5, 0.6) is 11.5 Å². The van der Waals surface area contributed by atoms with Crippen molar-refractivity contribution < 1.29 is 28.5 Å². The summed E-state index contributed by atoms with van der Waals surface area (Å²) in [5.74, 6) is 0.461. The van der Waals surface area contributed by atoms with Crippen LogP contribution in [0.1, 0.15) is 142 Å². The van der Waals surface area contributed by atoms with E-state index in [1.165, 1.54) is 103 Å². The molecule has 0 spiro atoms. The number of hydrogen-bond acceptors (Lipinski definition) is 6. The van der Waals surface area contributed by atoms with Crippen LogP contribution in [0.3, 0.4) is 0 Å². The van der Waals surface area contributed by atoms with Crippen LogP contribution in [-0.4, -0.2) is 38.4 Å². The molecule has 0 saturated heterocycles. The van der Waals surface area contributed by atoms with Gasteiger partial charge in [0.05, 0.1) is 20.4 Å². The molecule has 0 unspecified atom stereocenters. The van der Waals surface area contributed by atoms with Gasteiger partial charge in [0.2, 0.25) is 0 Å². The summed E-state index contributed by atoms with van der Waals surface area (Å²) >= 11 is 4.28. The third-order valence-corrected chi connectivity index (χ3v) is 8.89. The normalized spacial score (nSPS) is 11.0. The highest BCUT2D eigenvalue weighted by Gasteiger charge is 2.13. The molecule has 0 saturated carbocycles. The van der Waals surface area contributed by atoms with Crippen LogP contribution in [-0.2, 0) is 19.1 Å². The van der Waals surface area contributed by atoms with Gasteiger partial charge in [-0.25, -0.2) is 9.59 Å². The van der Waals surface area contributed by atoms with Gasteiger partial charge in [-0.1, -0.05) is 129 Å². The third-order valence-electron chi connectivity index (χ3n) is 7.20. The molecule has 1 rings (SSSR count). The van der Waals surface area contributed by atoms with Gasteiger partial charge in [-0.15, -0.1) is 0 Å². The van der Waals surface area contributed by atoms with Gasteiger partial charge in [-0.3, -0.25) is 0 Å². The van der Waals surface area contributed by atoms with Crippen molar-refractivity contribution in [2.45, 2.75) is 142 Å². The van der Waals surface area contributed by atoms with Crippen molar-refractivity contribution in [2.24, 2.45) is 0 Å². The summed E-state index contributed by atoms with van der Waals surface area (Å²) in [5, 5.41) is 0. The van der Waals surface area contributed by atoms with Gasteiger partial charge in [0.25, 0.3) is 0 Å². The fourth-order valence-electron chi connectivity index (χ4n) is 4.64. The predicted octanol–water partition coefficient (Wildman–Crippen LogP) is 10.6. The zero-order valence-electron chi connectivity index (χ0n) is 26.3. The van der Waals surface area contributed by atoms with E-state index < -0.39 is 0 Å². The van der Waals surface area contributed by atoms with Crippen LogP contribution in [0.25, 0.3) is 0 Å². The molecule has 0 atom stereocenters. The molecule has 0 aromatic heterocycles. The first-order valence-corrected chi connectivity index (χ1v) is 18.7. The molecule has 0 N–H and O–H groups in total. The number of ether oxygens (including phenoxy) is 4. The second-order valence-corrected chi connectivity index (χ2v) is 13.4. The van der Waals surface area contributed by atoms with Crippen molar-refractivity contribution in [3.63, 3.8) is 0 Å². The number of hydrogen-bond donors (Lipinski definition) is 0. The first-order chi connectivity index (χ1) is 20.5. The molecule has 0 fully saturated rings. The molecular weight excluding hydrogens is 758 g/mol. The smallest absolute Gasteiger partial charge is 0.344 e. The van der Waals surface area contributed by atoms with Crippen molar-refractivity contribution in [3.8, 4) is 11.5 Å². The van der Waals surface area contributed by atoms with E-state index in [0.29, 0.717) is 24.7 Å². The zero-order valence-corrected chi connectivity index (χ0v) is 30.6. The Morgan fingerprint density at radius 1 is 0.500 bits per heavy atom. The van der Waals surface area contributed by atoms with Gasteiger partial charge in [-0.05, 0) is 70.2 Å². The first-order valence-electron chi connectivity index (χ1n) is 16.5. The van der Waals surface area contributed by atoms with Gasteiger partial charge >= 0.3 is 11.9 Å². The number of carbonyl (C=O) groups is 2. The fourth-order valence-corrected chi connectivity index (χ4v) is 5.83. The van der Waals surface area contributed by atoms with E-state index in [4.69, 9.17) is 18.9 Å². The molecule has 42 heavy (non-hydrogen) atoms. The van der Waals surface area contributed by atoms with Gasteiger partial charge < -0.3 is 18.9 Å². The van der Waals surface area contributed by atoms with E-state index in [9.17, 15) is 9.59 Å². The summed E-state index contributed by atoms with van der Waals surface area (Å²) in [5.41, 5.74) is 0. The standard InChI is InChI=1S/C34H56I2O6/c1-3-5-7-9-11-13-15-17-19-21-23-39-33(37)27-41-31-25-30(36)32(26-29(31)35)42-28-34(38)40-24-22-20-18-16-14-12-10-8-6-4-2/h25-26H,3-24,27-28H2,1-2H3. The minimum absolute atomic E-state index is 0.130. The molecule has 0 aliphatic heterocycles. The Balaban J connectivity index is 2.13. The van der Waals surface area contributed by atoms with Crippen molar-refractivity contribution >= 4 is 57.1 Å². The van der Waals surface area contributed by atoms with Crippen LogP contribution in [0.4, 0.5) is 0 Å². The molecule has 1 aromatic carbocycles. The largest absolute Gasteiger partial charge is 0.481 e. The number of unbranched alkanes of at least 4 members (excludes halogenated alkanes) is 18. The molecule has 0 heterocycles. The minimum atomic E-state index is -0.359. The molecule has 8 heteroatoms. The third kappa shape index (κ3) is 21.8. The molecule has 6 nitrogen and oxygen atoms in total. The second-order valence-electron chi connectivity index (χ2n) is 11.1. The Bertz CT molecular complexity index is 765. The summed E-state index contributed by atoms with van der Waals surface area (Å²) in [6, 6.07) is 3.62. The van der Waals surface area contributed by atoms with Gasteiger partial charge in [0.15, 0.2) is 13.2 Å². The molecule has 0 radical (unpaired) electrons. The van der Waals surface area contributed by atoms with E-state index in [1.54, 1.807) is 0 Å². The van der Waals surface area contributed by atoms with Gasteiger partial charge in [0.1, 0.15) is 11.5 Å². The van der Waals surface area contributed by atoms with Gasteiger partial charge in [0, 0.05) is 0 Å². The number of carbonyl (C=O) groups excluding carboxylic acids is 2. The molecule has 0 bridgehead atoms. The topological polar surface area (TPSA) is 71.1 Å². The quantitative estimate of drug-likeness (QED) is 0.0477. The number of benzene rings is 1. The van der Waals surface area contributed by atoms with Crippen molar-refractivity contribution in [3.05, 3.63) is 19.3 Å². The lowest BCUT2D eigenvalue weighted by Crippen LogP contribution is -2.17. The molecule has 1 aromatic rings. The van der Waals surface area contributed by atoms with E-state index in [0.717, 1.165) is 32.8 Å². The average molecular weight is 815 g/mol. The van der Waals surface area contributed by atoms with Crippen LogP contribution >= 0.6 is 45.2 Å². The van der Waals surface area contributed by atoms with E-state index in [2.05, 4.69) is 59.0 Å². The Labute approximate surface area is 283 Å². The summed E-state index contributed by atoms with van der Waals surface area (Å²) in [7, 11) is 0. The lowest BCUT2D eigenvalue weighted by molar-refractivity contribution is -0.147. The predicted molar refractivity (Wildman–Crippen MR) is 188 cm³/mol. The number of rotatable bonds is 28. The van der Waals surface area contributed by atoms with Crippen molar-refractivity contribution in [2.75, 3.05) is 26.4 Å². The highest BCUT2D eigenvalue weighted by atomic mass is 127. The maximum Gasteiger partial charge on any atom is 0.344 e. The molecule has 0 aliphatic rings. The molecule has 242 valence electrons. The zero-order chi connectivity index (χ0) is 30.7. The second kappa shape index (κ2) is 27.7. The Kier molecular flexibility index (Phi) is 25.9. The number of halogens is 2. The monoisotopic (exact) mass is 814 g/mol. The van der Waals surface area contributed by atoms with E-state index in [1.807, 2.05) is 12.1 Å². The minimum Gasteiger partial charge on any atom is -0.481 e. The molecule has 0 amide bonds. The SMILES string of the molecule is CCCCCCCCCCCCOC(=O)COc1cc(I)c(OCC(=O)OCCCCCCCCCCCC)cc1I. The van der Waals surface area contributed by atoms with E-state index >= 15 is 0 Å². The fraction of sp³-hybridized carbons (Fsp3) is 0.765. The number of esters is 2. The van der Waals surface area contributed by atoms with Crippen LogP contribution in [0.15, 0.2) is 12.1 Å². The Morgan fingerprint density at radius 3 is 1.10 bits per heavy atom. The van der Waals surface area contributed by atoms with Crippen LogP contribution < -0.4 is 9.47 Å². The van der Waals surface area contributed by atoms with Crippen LogP contribution in [0.2, 0.25) is 0 Å². The maximum atomic E-state index is 12.1. The van der Waals surface area contributed by atoms with Crippen molar-refractivity contribution in [1.29, 1.82) is 0 Å². The summed E-state index contributed by atoms with van der Waals surface area (Å²) in [6.45, 7) is 5.11. The van der Waals surface area contributed by atoms with E-state index in [-0.39, 0.29) is 25.2 Å². The highest BCUT2D eigenvalue weighted by Crippen LogP contribution is 2.31. The summed E-state index contributed by atoms with van der Waals surface area (Å²) in [6.07, 6.45) is 24.9. The Morgan fingerprint density at radius 2 is 0.786 bits per heavy atom. The highest BCUT2D eigenvalue weighted by molar-refractivity contribution is 14.1.